The number of hydrogen-bond donors (Lipinski definition) is 1. The minimum Gasteiger partial charge on any atom is -0.474 e. The first-order chi connectivity index (χ1) is 12.5. The van der Waals surface area contributed by atoms with E-state index in [1.807, 2.05) is 6.07 Å². The number of fused-ring (bicyclic) bond motifs is 1. The normalized spacial score (nSPS) is 11.1. The van der Waals surface area contributed by atoms with E-state index >= 15 is 0 Å². The van der Waals surface area contributed by atoms with Crippen molar-refractivity contribution < 1.29 is 9.53 Å². The van der Waals surface area contributed by atoms with Crippen molar-refractivity contribution in [1.29, 1.82) is 0 Å². The molecule has 1 amide bonds. The monoisotopic (exact) mass is 373 g/mol. The van der Waals surface area contributed by atoms with Crippen molar-refractivity contribution in [3.63, 3.8) is 0 Å². The maximum Gasteiger partial charge on any atom is 0.260 e. The summed E-state index contributed by atoms with van der Waals surface area (Å²) in [4.78, 5) is 20.9. The predicted molar refractivity (Wildman–Crippen MR) is 101 cm³/mol. The van der Waals surface area contributed by atoms with E-state index < -0.39 is 0 Å². The van der Waals surface area contributed by atoms with E-state index in [1.165, 1.54) is 6.20 Å². The van der Waals surface area contributed by atoms with Gasteiger partial charge in [0.05, 0.1) is 17.1 Å². The van der Waals surface area contributed by atoms with Crippen molar-refractivity contribution in [2.75, 3.05) is 5.32 Å². The number of amides is 1. The average Bonchev–Trinajstić information content (AvgIpc) is 2.95. The Morgan fingerprint density at radius 2 is 2.08 bits per heavy atom. The fourth-order valence-corrected chi connectivity index (χ4v) is 2.83. The van der Waals surface area contributed by atoms with E-state index in [2.05, 4.69) is 34.2 Å². The molecule has 0 bridgehead atoms. The topological polar surface area (TPSA) is 81.9 Å². The van der Waals surface area contributed by atoms with Gasteiger partial charge in [0.15, 0.2) is 11.5 Å². The molecule has 0 aliphatic carbocycles. The Labute approximate surface area is 156 Å². The number of nitrogens with one attached hydrogen (secondary N) is 1. The van der Waals surface area contributed by atoms with Crippen LogP contribution in [0.15, 0.2) is 30.5 Å². The largest absolute Gasteiger partial charge is 0.474 e. The van der Waals surface area contributed by atoms with Gasteiger partial charge in [0, 0.05) is 19.3 Å². The number of pyridine rings is 2. The van der Waals surface area contributed by atoms with Crippen molar-refractivity contribution in [3.8, 4) is 5.88 Å². The van der Waals surface area contributed by atoms with Gasteiger partial charge in [0.1, 0.15) is 5.15 Å². The van der Waals surface area contributed by atoms with Gasteiger partial charge >= 0.3 is 0 Å². The molecule has 0 spiro atoms. The molecule has 0 aromatic carbocycles. The lowest BCUT2D eigenvalue weighted by atomic mass is 10.2. The molecule has 0 atom stereocenters. The van der Waals surface area contributed by atoms with Crippen LogP contribution in [-0.4, -0.2) is 31.8 Å². The lowest BCUT2D eigenvalue weighted by Gasteiger charge is -2.14. The molecule has 1 N–H and O–H groups in total. The summed E-state index contributed by atoms with van der Waals surface area (Å²) in [6, 6.07) is 6.89. The van der Waals surface area contributed by atoms with Crippen LogP contribution >= 0.6 is 11.6 Å². The summed E-state index contributed by atoms with van der Waals surface area (Å²) in [7, 11) is 1.77. The SMILES string of the molecule is CCC(CC)Oc1ccc2c(NC(=O)c3cccnc3Cl)nn(C)c2n1. The summed E-state index contributed by atoms with van der Waals surface area (Å²) < 4.78 is 7.49. The van der Waals surface area contributed by atoms with Gasteiger partial charge < -0.3 is 10.1 Å². The number of aromatic nitrogens is 4. The third kappa shape index (κ3) is 3.62. The first-order valence-electron chi connectivity index (χ1n) is 8.45. The van der Waals surface area contributed by atoms with Crippen LogP contribution in [0.3, 0.4) is 0 Å². The Kier molecular flexibility index (Phi) is 5.37. The van der Waals surface area contributed by atoms with Crippen LogP contribution in [0.2, 0.25) is 5.15 Å². The van der Waals surface area contributed by atoms with Gasteiger partial charge in [0.2, 0.25) is 5.88 Å². The van der Waals surface area contributed by atoms with Gasteiger partial charge in [-0.1, -0.05) is 25.4 Å². The molecule has 0 saturated heterocycles. The van der Waals surface area contributed by atoms with Gasteiger partial charge in [-0.05, 0) is 31.0 Å². The highest BCUT2D eigenvalue weighted by Gasteiger charge is 2.17. The Morgan fingerprint density at radius 3 is 2.77 bits per heavy atom. The summed E-state index contributed by atoms with van der Waals surface area (Å²) in [5.74, 6) is 0.580. The Hall–Kier alpha value is -2.67. The Balaban J connectivity index is 1.88. The van der Waals surface area contributed by atoms with E-state index in [9.17, 15) is 4.79 Å². The molecule has 0 aliphatic heterocycles. The molecule has 3 rings (SSSR count). The van der Waals surface area contributed by atoms with Gasteiger partial charge in [-0.15, -0.1) is 0 Å². The van der Waals surface area contributed by atoms with Crippen molar-refractivity contribution in [1.82, 2.24) is 19.7 Å². The number of aryl methyl sites for hydroxylation is 1. The lowest BCUT2D eigenvalue weighted by Crippen LogP contribution is -2.14. The fourth-order valence-electron chi connectivity index (χ4n) is 2.63. The van der Waals surface area contributed by atoms with Crippen LogP contribution in [0, 0.1) is 0 Å². The molecule has 0 radical (unpaired) electrons. The van der Waals surface area contributed by atoms with Gasteiger partial charge in [-0.2, -0.15) is 10.1 Å². The second kappa shape index (κ2) is 7.70. The minimum atomic E-state index is -0.375. The maximum absolute atomic E-state index is 12.4. The number of halogens is 1. The zero-order chi connectivity index (χ0) is 18.7. The first-order valence-corrected chi connectivity index (χ1v) is 8.83. The molecule has 3 aromatic rings. The number of ether oxygens (including phenoxy) is 1. The van der Waals surface area contributed by atoms with E-state index in [-0.39, 0.29) is 22.7 Å². The summed E-state index contributed by atoms with van der Waals surface area (Å²) in [6.07, 6.45) is 3.48. The number of hydrogen-bond acceptors (Lipinski definition) is 5. The minimum absolute atomic E-state index is 0.125. The highest BCUT2D eigenvalue weighted by Crippen LogP contribution is 2.25. The van der Waals surface area contributed by atoms with Gasteiger partial charge in [0.25, 0.3) is 5.91 Å². The molecule has 136 valence electrons. The van der Waals surface area contributed by atoms with Crippen LogP contribution in [0.5, 0.6) is 5.88 Å². The van der Waals surface area contributed by atoms with E-state index in [4.69, 9.17) is 16.3 Å². The Morgan fingerprint density at radius 1 is 1.31 bits per heavy atom. The highest BCUT2D eigenvalue weighted by molar-refractivity contribution is 6.33. The molecule has 0 fully saturated rings. The number of carbonyl (C=O) groups is 1. The average molecular weight is 374 g/mol. The molecular formula is C18H20ClN5O2. The third-order valence-electron chi connectivity index (χ3n) is 4.09. The number of carbonyl (C=O) groups excluding carboxylic acids is 1. The molecule has 8 heteroatoms. The smallest absolute Gasteiger partial charge is 0.260 e. The van der Waals surface area contributed by atoms with Crippen molar-refractivity contribution >= 4 is 34.4 Å². The summed E-state index contributed by atoms with van der Waals surface area (Å²) in [6.45, 7) is 4.15. The molecule has 3 aromatic heterocycles. The molecule has 3 heterocycles. The van der Waals surface area contributed by atoms with Crippen LogP contribution in [0.4, 0.5) is 5.82 Å². The quantitative estimate of drug-likeness (QED) is 0.664. The van der Waals surface area contributed by atoms with E-state index in [1.54, 1.807) is 29.9 Å². The lowest BCUT2D eigenvalue weighted by molar-refractivity contribution is 0.102. The van der Waals surface area contributed by atoms with Crippen molar-refractivity contribution in [2.24, 2.45) is 7.05 Å². The second-order valence-electron chi connectivity index (χ2n) is 5.85. The molecular weight excluding hydrogens is 354 g/mol. The standard InChI is InChI=1S/C18H20ClN5O2/c1-4-11(5-2)26-14-9-8-13-16(23-24(3)17(13)21-14)22-18(25)12-7-6-10-20-15(12)19/h6-11H,4-5H2,1-3H3,(H,22,23,25). The molecule has 0 unspecified atom stereocenters. The maximum atomic E-state index is 12.4. The van der Waals surface area contributed by atoms with Gasteiger partial charge in [-0.3, -0.25) is 4.79 Å². The number of anilines is 1. The van der Waals surface area contributed by atoms with E-state index in [0.29, 0.717) is 17.3 Å². The van der Waals surface area contributed by atoms with Crippen LogP contribution < -0.4 is 10.1 Å². The molecule has 0 saturated carbocycles. The van der Waals surface area contributed by atoms with Gasteiger partial charge in [-0.25, -0.2) is 9.67 Å². The van der Waals surface area contributed by atoms with E-state index in [0.717, 1.165) is 18.2 Å². The van der Waals surface area contributed by atoms with Crippen LogP contribution in [0.1, 0.15) is 37.0 Å². The molecule has 0 aliphatic rings. The number of rotatable bonds is 6. The molecule has 7 nitrogen and oxygen atoms in total. The summed E-state index contributed by atoms with van der Waals surface area (Å²) in [5.41, 5.74) is 0.913. The zero-order valence-electron chi connectivity index (χ0n) is 14.9. The first kappa shape index (κ1) is 18.1. The fraction of sp³-hybridized carbons (Fsp3) is 0.333. The summed E-state index contributed by atoms with van der Waals surface area (Å²) in [5, 5.41) is 7.98. The van der Waals surface area contributed by atoms with Crippen molar-refractivity contribution in [2.45, 2.75) is 32.8 Å². The third-order valence-corrected chi connectivity index (χ3v) is 4.40. The predicted octanol–water partition coefficient (Wildman–Crippen LogP) is 3.84. The zero-order valence-corrected chi connectivity index (χ0v) is 15.6. The highest BCUT2D eigenvalue weighted by atomic mass is 35.5. The molecule has 26 heavy (non-hydrogen) atoms. The number of nitrogens with zero attached hydrogens (tertiary/aromatic N) is 4. The Bertz CT molecular complexity index is 936. The second-order valence-corrected chi connectivity index (χ2v) is 6.20. The van der Waals surface area contributed by atoms with Crippen LogP contribution in [0.25, 0.3) is 11.0 Å². The summed E-state index contributed by atoms with van der Waals surface area (Å²) >= 11 is 5.98. The van der Waals surface area contributed by atoms with Crippen LogP contribution in [-0.2, 0) is 7.05 Å². The van der Waals surface area contributed by atoms with Crippen molar-refractivity contribution in [3.05, 3.63) is 41.2 Å².